The van der Waals surface area contributed by atoms with E-state index in [-0.39, 0.29) is 15.9 Å². The van der Waals surface area contributed by atoms with Crippen LogP contribution in [0.2, 0.25) is 0 Å². The number of hydrogen-bond acceptors (Lipinski definition) is 0. The Balaban J connectivity index is 0.000000165. The molecule has 6 rings (SSSR count). The van der Waals surface area contributed by atoms with Crippen molar-refractivity contribution in [3.05, 3.63) is 168 Å². The van der Waals surface area contributed by atoms with Crippen LogP contribution in [0, 0.1) is 0 Å². The number of halogens is 2. The van der Waals surface area contributed by atoms with Crippen LogP contribution in [0.3, 0.4) is 0 Å². The van der Waals surface area contributed by atoms with Crippen molar-refractivity contribution in [2.24, 2.45) is 0 Å². The van der Waals surface area contributed by atoms with Gasteiger partial charge in [-0.05, 0) is 85.7 Å². The molecule has 0 nitrogen and oxygen atoms in total. The normalized spacial score (nSPS) is 13.4. The van der Waals surface area contributed by atoms with E-state index in [0.29, 0.717) is 0 Å². The predicted molar refractivity (Wildman–Crippen MR) is 176 cm³/mol. The third-order valence-corrected chi connectivity index (χ3v) is 11.9. The monoisotopic (exact) mass is 678 g/mol. The quantitative estimate of drug-likeness (QED) is 0.141. The second kappa shape index (κ2) is 16.9. The Morgan fingerprint density at radius 2 is 0.692 bits per heavy atom. The first-order valence-electron chi connectivity index (χ1n) is 12.8. The molecule has 0 saturated heterocycles. The van der Waals surface area contributed by atoms with E-state index in [1.165, 1.54) is 31.8 Å². The molecule has 0 fully saturated rings. The van der Waals surface area contributed by atoms with Gasteiger partial charge in [-0.25, -0.2) is 0 Å². The van der Waals surface area contributed by atoms with Crippen LogP contribution in [0.15, 0.2) is 168 Å². The first-order chi connectivity index (χ1) is 19.3. The van der Waals surface area contributed by atoms with Gasteiger partial charge in [0.25, 0.3) is 0 Å². The Labute approximate surface area is 251 Å². The van der Waals surface area contributed by atoms with E-state index in [9.17, 15) is 0 Å². The van der Waals surface area contributed by atoms with Gasteiger partial charge >= 0.3 is 35.0 Å². The Bertz CT molecular complexity index is 1200. The molecule has 0 heterocycles. The zero-order chi connectivity index (χ0) is 27.1. The van der Waals surface area contributed by atoms with E-state index in [2.05, 4.69) is 158 Å². The van der Waals surface area contributed by atoms with Gasteiger partial charge in [0, 0.05) is 0 Å². The Hall–Kier alpha value is -2.06. The van der Waals surface area contributed by atoms with E-state index in [1.54, 1.807) is 0 Å². The van der Waals surface area contributed by atoms with Crippen LogP contribution in [0.4, 0.5) is 0 Å². The number of allylic oxidation sites excluding steroid dienone is 8. The average molecular weight is 680 g/mol. The van der Waals surface area contributed by atoms with Crippen molar-refractivity contribution in [1.29, 1.82) is 0 Å². The molecule has 0 aromatic heterocycles. The molecule has 2 aliphatic carbocycles. The SMILES string of the molecule is C1=CC([PH+](c2ccccc2)c2ccccc2)=CC1.C1=CC([PH+](c2ccccc2)c2ccccc2)=CC1.[Cl][Pd][Cl]. The molecule has 0 spiro atoms. The van der Waals surface area contributed by atoms with Crippen molar-refractivity contribution in [3.8, 4) is 0 Å². The molecular formula is C34H32Cl2P2Pd+2. The van der Waals surface area contributed by atoms with Crippen molar-refractivity contribution < 1.29 is 15.9 Å². The minimum absolute atomic E-state index is 0.106. The van der Waals surface area contributed by atoms with E-state index in [4.69, 9.17) is 19.1 Å². The predicted octanol–water partition coefficient (Wildman–Crippen LogP) is 8.77. The molecule has 0 saturated carbocycles. The van der Waals surface area contributed by atoms with E-state index >= 15 is 0 Å². The van der Waals surface area contributed by atoms with Crippen molar-refractivity contribution >= 4 is 56.1 Å². The summed E-state index contributed by atoms with van der Waals surface area (Å²) in [5.74, 6) is 0. The van der Waals surface area contributed by atoms with Gasteiger partial charge < -0.3 is 0 Å². The zero-order valence-corrected chi connectivity index (χ0v) is 26.6. The van der Waals surface area contributed by atoms with Crippen molar-refractivity contribution in [2.75, 3.05) is 0 Å². The van der Waals surface area contributed by atoms with Gasteiger partial charge in [-0.3, -0.25) is 0 Å². The molecule has 4 aromatic rings. The molecule has 0 radical (unpaired) electrons. The number of hydrogen-bond donors (Lipinski definition) is 0. The summed E-state index contributed by atoms with van der Waals surface area (Å²) < 4.78 is 0. The van der Waals surface area contributed by atoms with Crippen LogP contribution in [0.25, 0.3) is 0 Å². The molecule has 0 bridgehead atoms. The molecule has 2 aliphatic rings. The van der Waals surface area contributed by atoms with Crippen LogP contribution < -0.4 is 21.2 Å². The second-order valence-electron chi connectivity index (χ2n) is 8.85. The van der Waals surface area contributed by atoms with E-state index in [0.717, 1.165) is 12.8 Å². The maximum absolute atomic E-state index is 4.81. The number of benzene rings is 4. The fourth-order valence-corrected chi connectivity index (χ4v) is 10.0. The van der Waals surface area contributed by atoms with Crippen LogP contribution in [0.5, 0.6) is 0 Å². The summed E-state index contributed by atoms with van der Waals surface area (Å²) in [6.45, 7) is 0. The Morgan fingerprint density at radius 3 is 0.897 bits per heavy atom. The van der Waals surface area contributed by atoms with Crippen LogP contribution in [-0.2, 0) is 15.9 Å². The summed E-state index contributed by atoms with van der Waals surface area (Å²) >= 11 is -0.106. The summed E-state index contributed by atoms with van der Waals surface area (Å²) in [6.07, 6.45) is 16.0. The van der Waals surface area contributed by atoms with Gasteiger partial charge in [-0.2, -0.15) is 0 Å². The first-order valence-corrected chi connectivity index (χ1v) is 19.8. The summed E-state index contributed by atoms with van der Waals surface area (Å²) in [5.41, 5.74) is 0. The molecule has 5 heteroatoms. The average Bonchev–Trinajstić information content (AvgIpc) is 3.72. The van der Waals surface area contributed by atoms with Crippen molar-refractivity contribution in [1.82, 2.24) is 0 Å². The zero-order valence-electron chi connectivity index (χ0n) is 21.5. The van der Waals surface area contributed by atoms with Gasteiger partial charge in [0.2, 0.25) is 0 Å². The molecule has 0 atom stereocenters. The summed E-state index contributed by atoms with van der Waals surface area (Å²) in [5, 5.41) is 8.88. The molecule has 0 aliphatic heterocycles. The van der Waals surface area contributed by atoms with E-state index in [1.807, 2.05) is 0 Å². The Morgan fingerprint density at radius 1 is 0.436 bits per heavy atom. The molecule has 0 unspecified atom stereocenters. The molecular weight excluding hydrogens is 648 g/mol. The third kappa shape index (κ3) is 8.97. The van der Waals surface area contributed by atoms with Crippen molar-refractivity contribution in [2.45, 2.75) is 12.8 Å². The van der Waals surface area contributed by atoms with Crippen molar-refractivity contribution in [3.63, 3.8) is 0 Å². The van der Waals surface area contributed by atoms with Crippen LogP contribution >= 0.6 is 34.9 Å². The summed E-state index contributed by atoms with van der Waals surface area (Å²) in [7, 11) is 8.02. The van der Waals surface area contributed by atoms with Gasteiger partial charge in [-0.1, -0.05) is 84.9 Å². The van der Waals surface area contributed by atoms with Crippen LogP contribution in [-0.4, -0.2) is 0 Å². The Kier molecular flexibility index (Phi) is 13.0. The fraction of sp³-hybridized carbons (Fsp3) is 0.0588. The maximum atomic E-state index is 4.81. The topological polar surface area (TPSA) is 0 Å². The fourth-order valence-electron chi connectivity index (χ4n) is 4.71. The first kappa shape index (κ1) is 29.9. The standard InChI is InChI=1S/2C17H15P.2ClH.Pd/c2*1-3-9-15(10-4-1)18(17-13-7-8-14-17)16-11-5-2-6-12-16;;;/h2*1-7,9-14H,8H2;2*1H;/q;;;;+2. The summed E-state index contributed by atoms with van der Waals surface area (Å²) in [6, 6.07) is 43.6. The minimum atomic E-state index is -0.803. The van der Waals surface area contributed by atoms with Gasteiger partial charge in [0.05, 0.1) is 26.5 Å². The second-order valence-corrected chi connectivity index (χ2v) is 16.2. The molecule has 200 valence electrons. The molecule has 4 aromatic carbocycles. The van der Waals surface area contributed by atoms with Gasteiger partial charge in [0.1, 0.15) is 21.2 Å². The molecule has 0 N–H and O–H groups in total. The van der Waals surface area contributed by atoms with Gasteiger partial charge in [-0.15, -0.1) is 0 Å². The molecule has 0 amide bonds. The van der Waals surface area contributed by atoms with Gasteiger partial charge in [0.15, 0.2) is 0 Å². The van der Waals surface area contributed by atoms with E-state index < -0.39 is 15.8 Å². The van der Waals surface area contributed by atoms with Crippen LogP contribution in [0.1, 0.15) is 12.8 Å². The third-order valence-electron chi connectivity index (χ3n) is 6.37. The summed E-state index contributed by atoms with van der Waals surface area (Å²) in [4.78, 5) is 0. The molecule has 39 heavy (non-hydrogen) atoms. The number of rotatable bonds is 6.